The van der Waals surface area contributed by atoms with E-state index >= 15 is 0 Å². The number of nitrogens with two attached hydrogens (primary N) is 1. The first-order valence-electron chi connectivity index (χ1n) is 7.44. The first kappa shape index (κ1) is 16.4. The maximum absolute atomic E-state index is 11.9. The van der Waals surface area contributed by atoms with Crippen LogP contribution in [0.4, 0.5) is 0 Å². The molecule has 1 rings (SSSR count). The van der Waals surface area contributed by atoms with Gasteiger partial charge in [0.25, 0.3) is 0 Å². The molecule has 3 N–H and O–H groups in total. The first-order chi connectivity index (χ1) is 9.25. The summed E-state index contributed by atoms with van der Waals surface area (Å²) in [7, 11) is 0. The van der Waals surface area contributed by atoms with Crippen molar-refractivity contribution < 1.29 is 14.3 Å². The van der Waals surface area contributed by atoms with Crippen molar-refractivity contribution in [2.24, 2.45) is 11.7 Å². The van der Waals surface area contributed by atoms with Crippen LogP contribution in [0.3, 0.4) is 0 Å². The van der Waals surface area contributed by atoms with Gasteiger partial charge in [0.2, 0.25) is 5.91 Å². The predicted octanol–water partition coefficient (Wildman–Crippen LogP) is 1.06. The molecule has 19 heavy (non-hydrogen) atoms. The Kier molecular flexibility index (Phi) is 8.79. The third-order valence-corrected chi connectivity index (χ3v) is 3.48. The zero-order chi connectivity index (χ0) is 13.9. The maximum atomic E-state index is 11.9. The molecular formula is C14H28N2O3. The summed E-state index contributed by atoms with van der Waals surface area (Å²) in [6.45, 7) is 5.73. The van der Waals surface area contributed by atoms with Gasteiger partial charge in [-0.3, -0.25) is 4.79 Å². The molecule has 1 aliphatic rings. The van der Waals surface area contributed by atoms with Crippen LogP contribution in [0.25, 0.3) is 0 Å². The minimum absolute atomic E-state index is 0.0412. The van der Waals surface area contributed by atoms with E-state index in [9.17, 15) is 4.79 Å². The summed E-state index contributed by atoms with van der Waals surface area (Å²) in [4.78, 5) is 11.9. The Morgan fingerprint density at radius 3 is 2.74 bits per heavy atom. The zero-order valence-corrected chi connectivity index (χ0v) is 12.0. The van der Waals surface area contributed by atoms with Crippen molar-refractivity contribution >= 4 is 5.91 Å². The third-order valence-electron chi connectivity index (χ3n) is 3.48. The van der Waals surface area contributed by atoms with Gasteiger partial charge in [-0.25, -0.2) is 0 Å². The Morgan fingerprint density at radius 1 is 1.37 bits per heavy atom. The van der Waals surface area contributed by atoms with Gasteiger partial charge in [-0.2, -0.15) is 0 Å². The lowest BCUT2D eigenvalue weighted by molar-refractivity contribution is -0.124. The lowest BCUT2D eigenvalue weighted by Gasteiger charge is -2.26. The molecule has 0 spiro atoms. The summed E-state index contributed by atoms with van der Waals surface area (Å²) in [5.74, 6) is 0.218. The highest BCUT2D eigenvalue weighted by Gasteiger charge is 2.26. The Morgan fingerprint density at radius 2 is 2.05 bits per heavy atom. The van der Waals surface area contributed by atoms with E-state index in [0.29, 0.717) is 13.2 Å². The first-order valence-corrected chi connectivity index (χ1v) is 7.44. The number of hydrogen-bond acceptors (Lipinski definition) is 4. The molecule has 0 aliphatic carbocycles. The Hall–Kier alpha value is -0.650. The molecule has 1 fully saturated rings. The van der Waals surface area contributed by atoms with E-state index < -0.39 is 6.04 Å². The highest BCUT2D eigenvalue weighted by atomic mass is 16.5. The van der Waals surface area contributed by atoms with Crippen LogP contribution >= 0.6 is 0 Å². The van der Waals surface area contributed by atoms with E-state index in [2.05, 4.69) is 12.2 Å². The second-order valence-corrected chi connectivity index (χ2v) is 5.09. The van der Waals surface area contributed by atoms with Gasteiger partial charge >= 0.3 is 0 Å². The summed E-state index contributed by atoms with van der Waals surface area (Å²) < 4.78 is 10.7. The normalized spacial score (nSPS) is 18.2. The number of nitrogens with one attached hydrogen (secondary N) is 1. The van der Waals surface area contributed by atoms with Crippen LogP contribution in [0.1, 0.15) is 39.0 Å². The molecule has 0 aromatic heterocycles. The van der Waals surface area contributed by atoms with E-state index in [-0.39, 0.29) is 11.8 Å². The minimum Gasteiger partial charge on any atom is -0.381 e. The van der Waals surface area contributed by atoms with Crippen molar-refractivity contribution in [3.63, 3.8) is 0 Å². The lowest BCUT2D eigenvalue weighted by atomic mass is 9.92. The van der Waals surface area contributed by atoms with E-state index in [4.69, 9.17) is 15.2 Å². The third kappa shape index (κ3) is 6.89. The number of ether oxygens (including phenoxy) is 2. The number of unbranched alkanes of at least 4 members (excludes halogenated alkanes) is 1. The van der Waals surface area contributed by atoms with E-state index in [1.807, 2.05) is 0 Å². The molecule has 112 valence electrons. The molecule has 5 heteroatoms. The maximum Gasteiger partial charge on any atom is 0.237 e. The molecule has 1 heterocycles. The van der Waals surface area contributed by atoms with Gasteiger partial charge in [0.15, 0.2) is 0 Å². The zero-order valence-electron chi connectivity index (χ0n) is 12.0. The number of amides is 1. The lowest BCUT2D eigenvalue weighted by Crippen LogP contribution is -2.47. The molecule has 5 nitrogen and oxygen atoms in total. The van der Waals surface area contributed by atoms with Gasteiger partial charge in [-0.05, 0) is 31.6 Å². The Labute approximate surface area is 116 Å². The average Bonchev–Trinajstić information content (AvgIpc) is 2.46. The van der Waals surface area contributed by atoms with Crippen molar-refractivity contribution in [3.05, 3.63) is 0 Å². The van der Waals surface area contributed by atoms with Crippen LogP contribution in [0.5, 0.6) is 0 Å². The molecular weight excluding hydrogens is 244 g/mol. The van der Waals surface area contributed by atoms with Gasteiger partial charge < -0.3 is 20.5 Å². The van der Waals surface area contributed by atoms with Crippen LogP contribution in [-0.2, 0) is 14.3 Å². The summed E-state index contributed by atoms with van der Waals surface area (Å²) in [6, 6.07) is -0.398. The monoisotopic (exact) mass is 272 g/mol. The van der Waals surface area contributed by atoms with E-state index in [0.717, 1.165) is 51.9 Å². The van der Waals surface area contributed by atoms with Crippen LogP contribution in [0.2, 0.25) is 0 Å². The molecule has 1 saturated heterocycles. The van der Waals surface area contributed by atoms with Crippen LogP contribution in [-0.4, -0.2) is 44.9 Å². The summed E-state index contributed by atoms with van der Waals surface area (Å²) in [5.41, 5.74) is 5.97. The fraction of sp³-hybridized carbons (Fsp3) is 0.929. The van der Waals surface area contributed by atoms with Crippen molar-refractivity contribution in [3.8, 4) is 0 Å². The van der Waals surface area contributed by atoms with Gasteiger partial charge in [0, 0.05) is 33.0 Å². The molecule has 0 saturated carbocycles. The Bertz CT molecular complexity index is 243. The molecule has 0 bridgehead atoms. The number of hydrogen-bond donors (Lipinski definition) is 2. The van der Waals surface area contributed by atoms with Gasteiger partial charge in [0.1, 0.15) is 0 Å². The second-order valence-electron chi connectivity index (χ2n) is 5.09. The molecule has 0 aromatic carbocycles. The summed E-state index contributed by atoms with van der Waals surface area (Å²) in [5, 5.41) is 2.89. The molecule has 1 aliphatic heterocycles. The van der Waals surface area contributed by atoms with Gasteiger partial charge in [0.05, 0.1) is 6.04 Å². The molecule has 1 atom stereocenters. The molecule has 1 amide bonds. The van der Waals surface area contributed by atoms with Crippen LogP contribution < -0.4 is 11.1 Å². The van der Waals surface area contributed by atoms with Crippen LogP contribution in [0.15, 0.2) is 0 Å². The largest absolute Gasteiger partial charge is 0.381 e. The molecule has 1 unspecified atom stereocenters. The van der Waals surface area contributed by atoms with Gasteiger partial charge in [-0.1, -0.05) is 13.3 Å². The molecule has 0 aromatic rings. The van der Waals surface area contributed by atoms with Crippen molar-refractivity contribution in [1.29, 1.82) is 0 Å². The topological polar surface area (TPSA) is 73.6 Å². The number of carbonyl (C=O) groups is 1. The van der Waals surface area contributed by atoms with Gasteiger partial charge in [-0.15, -0.1) is 0 Å². The quantitative estimate of drug-likeness (QED) is 0.616. The highest BCUT2D eigenvalue weighted by Crippen LogP contribution is 2.17. The summed E-state index contributed by atoms with van der Waals surface area (Å²) in [6.07, 6.45) is 4.86. The van der Waals surface area contributed by atoms with E-state index in [1.54, 1.807) is 0 Å². The Balaban J connectivity index is 2.03. The minimum atomic E-state index is -0.398. The summed E-state index contributed by atoms with van der Waals surface area (Å²) >= 11 is 0. The van der Waals surface area contributed by atoms with Crippen molar-refractivity contribution in [1.82, 2.24) is 5.32 Å². The SMILES string of the molecule is CCCCOCCCNC(=O)C(N)C1CCOCC1. The second kappa shape index (κ2) is 10.2. The smallest absolute Gasteiger partial charge is 0.237 e. The number of rotatable bonds is 9. The van der Waals surface area contributed by atoms with Crippen molar-refractivity contribution in [2.75, 3.05) is 33.0 Å². The highest BCUT2D eigenvalue weighted by molar-refractivity contribution is 5.81. The average molecular weight is 272 g/mol. The van der Waals surface area contributed by atoms with Crippen LogP contribution in [0, 0.1) is 5.92 Å². The fourth-order valence-electron chi connectivity index (χ4n) is 2.14. The predicted molar refractivity (Wildman–Crippen MR) is 74.9 cm³/mol. The molecule has 0 radical (unpaired) electrons. The standard InChI is InChI=1S/C14H28N2O3/c1-2-3-8-18-9-4-7-16-14(17)13(15)12-5-10-19-11-6-12/h12-13H,2-11,15H2,1H3,(H,16,17). The van der Waals surface area contributed by atoms with E-state index in [1.165, 1.54) is 0 Å². The fourth-order valence-corrected chi connectivity index (χ4v) is 2.14. The van der Waals surface area contributed by atoms with Crippen molar-refractivity contribution in [2.45, 2.75) is 45.1 Å². The number of carbonyl (C=O) groups excluding carboxylic acids is 1.